The summed E-state index contributed by atoms with van der Waals surface area (Å²) in [5.74, 6) is 0.989. The number of anilines is 2. The van der Waals surface area contributed by atoms with Crippen molar-refractivity contribution in [2.24, 2.45) is 0 Å². The van der Waals surface area contributed by atoms with Gasteiger partial charge in [-0.05, 0) is 74.5 Å². The number of ether oxygens (including phenoxy) is 1. The van der Waals surface area contributed by atoms with Crippen molar-refractivity contribution in [1.82, 2.24) is 5.16 Å². The molecule has 0 spiro atoms. The molecule has 2 aromatic heterocycles. The van der Waals surface area contributed by atoms with Crippen LogP contribution < -0.4 is 15.4 Å². The lowest BCUT2D eigenvalue weighted by Crippen LogP contribution is -2.13. The maximum Gasteiger partial charge on any atom is 0.291 e. The van der Waals surface area contributed by atoms with E-state index >= 15 is 0 Å². The van der Waals surface area contributed by atoms with Crippen LogP contribution in [0.4, 0.5) is 11.4 Å². The number of rotatable bonds is 7. The number of hydrogen-bond acceptors (Lipinski definition) is 6. The predicted octanol–water partition coefficient (Wildman–Crippen LogP) is 4.97. The Morgan fingerprint density at radius 1 is 0.906 bits per heavy atom. The van der Waals surface area contributed by atoms with Crippen molar-refractivity contribution in [2.75, 3.05) is 10.6 Å². The van der Waals surface area contributed by atoms with Crippen LogP contribution >= 0.6 is 0 Å². The normalized spacial score (nSPS) is 10.6. The fraction of sp³-hybridized carbons (Fsp3) is 0.125. The highest BCUT2D eigenvalue weighted by Gasteiger charge is 2.11. The van der Waals surface area contributed by atoms with E-state index in [9.17, 15) is 9.59 Å². The number of aromatic nitrogens is 1. The van der Waals surface area contributed by atoms with Gasteiger partial charge in [-0.15, -0.1) is 0 Å². The molecule has 0 aliphatic rings. The first kappa shape index (κ1) is 20.9. The van der Waals surface area contributed by atoms with E-state index in [0.29, 0.717) is 29.3 Å². The quantitative estimate of drug-likeness (QED) is 0.428. The van der Waals surface area contributed by atoms with Crippen molar-refractivity contribution in [3.63, 3.8) is 0 Å². The molecule has 0 fully saturated rings. The summed E-state index contributed by atoms with van der Waals surface area (Å²) < 4.78 is 16.0. The number of aryl methyl sites for hydroxylation is 2. The lowest BCUT2D eigenvalue weighted by Gasteiger charge is -2.09. The average molecular weight is 431 g/mol. The summed E-state index contributed by atoms with van der Waals surface area (Å²) in [6.07, 6.45) is 1.44. The fourth-order valence-electron chi connectivity index (χ4n) is 3.01. The second kappa shape index (κ2) is 9.22. The maximum atomic E-state index is 12.5. The van der Waals surface area contributed by atoms with E-state index in [4.69, 9.17) is 13.7 Å². The third kappa shape index (κ3) is 4.86. The summed E-state index contributed by atoms with van der Waals surface area (Å²) in [5.41, 5.74) is 3.39. The van der Waals surface area contributed by atoms with Gasteiger partial charge in [0, 0.05) is 16.9 Å². The van der Waals surface area contributed by atoms with Gasteiger partial charge < -0.3 is 24.3 Å². The second-order valence-electron chi connectivity index (χ2n) is 7.08. The first-order valence-corrected chi connectivity index (χ1v) is 9.90. The Morgan fingerprint density at radius 3 is 2.12 bits per heavy atom. The van der Waals surface area contributed by atoms with Gasteiger partial charge in [0.05, 0.1) is 17.5 Å². The van der Waals surface area contributed by atoms with Gasteiger partial charge in [-0.25, -0.2) is 0 Å². The molecule has 0 unspecified atom stereocenters. The van der Waals surface area contributed by atoms with Crippen molar-refractivity contribution in [2.45, 2.75) is 20.5 Å². The zero-order chi connectivity index (χ0) is 22.5. The third-order valence-corrected chi connectivity index (χ3v) is 4.83. The smallest absolute Gasteiger partial charge is 0.291 e. The van der Waals surface area contributed by atoms with Crippen LogP contribution in [0.3, 0.4) is 0 Å². The molecule has 32 heavy (non-hydrogen) atoms. The molecule has 0 atom stereocenters. The van der Waals surface area contributed by atoms with Gasteiger partial charge in [0.1, 0.15) is 18.1 Å². The Hall–Kier alpha value is -4.33. The maximum absolute atomic E-state index is 12.5. The molecular formula is C24H21N3O5. The first-order chi connectivity index (χ1) is 15.5. The highest BCUT2D eigenvalue weighted by Crippen LogP contribution is 2.19. The van der Waals surface area contributed by atoms with Crippen molar-refractivity contribution in [3.05, 3.63) is 95.3 Å². The molecule has 0 radical (unpaired) electrons. The molecule has 2 heterocycles. The Kier molecular flexibility index (Phi) is 6.03. The summed E-state index contributed by atoms with van der Waals surface area (Å²) in [7, 11) is 0. The van der Waals surface area contributed by atoms with Crippen molar-refractivity contribution in [3.8, 4) is 5.75 Å². The van der Waals surface area contributed by atoms with Gasteiger partial charge in [-0.2, -0.15) is 0 Å². The lowest BCUT2D eigenvalue weighted by atomic mass is 10.2. The van der Waals surface area contributed by atoms with Gasteiger partial charge in [-0.1, -0.05) is 5.16 Å². The third-order valence-electron chi connectivity index (χ3n) is 4.83. The van der Waals surface area contributed by atoms with Gasteiger partial charge in [-0.3, -0.25) is 9.59 Å². The molecule has 2 aromatic carbocycles. The van der Waals surface area contributed by atoms with E-state index < -0.39 is 0 Å². The number of nitrogens with zero attached hydrogens (tertiary/aromatic N) is 1. The Bertz CT molecular complexity index is 1190. The van der Waals surface area contributed by atoms with Crippen LogP contribution in [0, 0.1) is 13.8 Å². The largest absolute Gasteiger partial charge is 0.489 e. The van der Waals surface area contributed by atoms with E-state index in [1.165, 1.54) is 6.26 Å². The molecule has 8 heteroatoms. The van der Waals surface area contributed by atoms with Crippen LogP contribution in [0.25, 0.3) is 0 Å². The Labute approximate surface area is 184 Å². The van der Waals surface area contributed by atoms with Crippen molar-refractivity contribution in [1.29, 1.82) is 0 Å². The Balaban J connectivity index is 1.32. The van der Waals surface area contributed by atoms with Crippen molar-refractivity contribution >= 4 is 23.2 Å². The number of carbonyl (C=O) groups is 2. The molecule has 2 N–H and O–H groups in total. The van der Waals surface area contributed by atoms with Gasteiger partial charge in [0.15, 0.2) is 5.76 Å². The predicted molar refractivity (Wildman–Crippen MR) is 118 cm³/mol. The minimum absolute atomic E-state index is 0.224. The van der Waals surface area contributed by atoms with E-state index in [0.717, 1.165) is 17.0 Å². The van der Waals surface area contributed by atoms with Gasteiger partial charge >= 0.3 is 0 Å². The van der Waals surface area contributed by atoms with E-state index in [1.807, 2.05) is 13.8 Å². The SMILES string of the molecule is Cc1noc(C)c1COc1ccc(C(=O)Nc2ccc(NC(=O)c3ccco3)cc2)cc1. The highest BCUT2D eigenvalue weighted by atomic mass is 16.5. The molecule has 0 saturated carbocycles. The molecule has 0 bridgehead atoms. The number of hydrogen-bond donors (Lipinski definition) is 2. The number of amides is 2. The van der Waals surface area contributed by atoms with E-state index in [1.54, 1.807) is 60.7 Å². The molecular weight excluding hydrogens is 410 g/mol. The van der Waals surface area contributed by atoms with Gasteiger partial charge in [0.25, 0.3) is 11.8 Å². The molecule has 0 saturated heterocycles. The molecule has 4 aromatic rings. The molecule has 8 nitrogen and oxygen atoms in total. The number of furan rings is 1. The summed E-state index contributed by atoms with van der Waals surface area (Å²) in [6, 6.07) is 16.9. The van der Waals surface area contributed by atoms with Crippen LogP contribution in [0.15, 0.2) is 75.9 Å². The number of nitrogens with one attached hydrogen (secondary N) is 2. The van der Waals surface area contributed by atoms with Crippen LogP contribution in [0.1, 0.15) is 37.9 Å². The van der Waals surface area contributed by atoms with Crippen LogP contribution in [0.2, 0.25) is 0 Å². The zero-order valence-electron chi connectivity index (χ0n) is 17.5. The zero-order valence-corrected chi connectivity index (χ0v) is 17.5. The molecule has 4 rings (SSSR count). The fourth-order valence-corrected chi connectivity index (χ4v) is 3.01. The van der Waals surface area contributed by atoms with E-state index in [-0.39, 0.29) is 17.6 Å². The van der Waals surface area contributed by atoms with Gasteiger partial charge in [0.2, 0.25) is 0 Å². The highest BCUT2D eigenvalue weighted by molar-refractivity contribution is 6.05. The summed E-state index contributed by atoms with van der Waals surface area (Å²) >= 11 is 0. The van der Waals surface area contributed by atoms with Crippen LogP contribution in [-0.2, 0) is 6.61 Å². The monoisotopic (exact) mass is 431 g/mol. The number of carbonyl (C=O) groups excluding carboxylic acids is 2. The average Bonchev–Trinajstić information content (AvgIpc) is 3.45. The molecule has 0 aliphatic carbocycles. The second-order valence-corrected chi connectivity index (χ2v) is 7.08. The standard InChI is InChI=1S/C24H21N3O5/c1-15-21(16(2)32-27-15)14-31-20-11-5-17(6-12-20)23(28)25-18-7-9-19(10-8-18)26-24(29)22-4-3-13-30-22/h3-13H,14H2,1-2H3,(H,25,28)(H,26,29). The Morgan fingerprint density at radius 2 is 1.56 bits per heavy atom. The summed E-state index contributed by atoms with van der Waals surface area (Å²) in [4.78, 5) is 24.5. The minimum Gasteiger partial charge on any atom is -0.489 e. The summed E-state index contributed by atoms with van der Waals surface area (Å²) in [6.45, 7) is 4.05. The van der Waals surface area contributed by atoms with Crippen LogP contribution in [0.5, 0.6) is 5.75 Å². The molecule has 0 aliphatic heterocycles. The summed E-state index contributed by atoms with van der Waals surface area (Å²) in [5, 5.41) is 9.45. The molecule has 162 valence electrons. The van der Waals surface area contributed by atoms with Crippen LogP contribution in [-0.4, -0.2) is 17.0 Å². The minimum atomic E-state index is -0.344. The topological polar surface area (TPSA) is 107 Å². The van der Waals surface area contributed by atoms with Crippen molar-refractivity contribution < 1.29 is 23.3 Å². The lowest BCUT2D eigenvalue weighted by molar-refractivity contribution is 0.0994. The number of benzene rings is 2. The first-order valence-electron chi connectivity index (χ1n) is 9.90. The van der Waals surface area contributed by atoms with E-state index in [2.05, 4.69) is 15.8 Å². The molecule has 2 amide bonds.